The summed E-state index contributed by atoms with van der Waals surface area (Å²) in [5.74, 6) is 0. The van der Waals surface area contributed by atoms with E-state index in [0.29, 0.717) is 0 Å². The first-order valence-electron chi connectivity index (χ1n) is 5.24. The Balaban J connectivity index is 1.94. The molecule has 0 bridgehead atoms. The number of hydrogen-bond acceptors (Lipinski definition) is 3. The molecule has 1 unspecified atom stereocenters. The Hall–Kier alpha value is -1.01. The number of nitrogens with one attached hydrogen (secondary N) is 2. The zero-order valence-electron chi connectivity index (χ0n) is 8.72. The largest absolute Gasteiger partial charge is 0.417 e. The summed E-state index contributed by atoms with van der Waals surface area (Å²) in [5.41, 5.74) is -0.626. The molecule has 0 spiro atoms. The molecule has 90 valence electrons. The van der Waals surface area contributed by atoms with Crippen LogP contribution in [0.4, 0.5) is 13.2 Å². The first kappa shape index (κ1) is 11.5. The van der Waals surface area contributed by atoms with Gasteiger partial charge in [0, 0.05) is 32.4 Å². The topological polar surface area (TPSA) is 27.3 Å². The molecule has 0 aliphatic carbocycles. The lowest BCUT2D eigenvalue weighted by molar-refractivity contribution is -0.0890. The molecule has 2 rings (SSSR count). The highest BCUT2D eigenvalue weighted by atomic mass is 19.4. The number of dihydropyridines is 1. The molecule has 1 fully saturated rings. The van der Waals surface area contributed by atoms with Crippen LogP contribution in [0.25, 0.3) is 0 Å². The van der Waals surface area contributed by atoms with E-state index >= 15 is 0 Å². The molecule has 1 atom stereocenters. The van der Waals surface area contributed by atoms with Crippen LogP contribution in [-0.4, -0.2) is 43.4 Å². The molecule has 2 aliphatic rings. The second kappa shape index (κ2) is 4.47. The zero-order valence-corrected chi connectivity index (χ0v) is 8.72. The van der Waals surface area contributed by atoms with Crippen LogP contribution in [0.5, 0.6) is 0 Å². The van der Waals surface area contributed by atoms with Crippen LogP contribution in [0, 0.1) is 0 Å². The van der Waals surface area contributed by atoms with E-state index in [-0.39, 0.29) is 6.17 Å². The van der Waals surface area contributed by atoms with Crippen LogP contribution < -0.4 is 10.6 Å². The Morgan fingerprint density at radius 3 is 2.44 bits per heavy atom. The van der Waals surface area contributed by atoms with Crippen molar-refractivity contribution in [2.24, 2.45) is 0 Å². The van der Waals surface area contributed by atoms with Crippen LogP contribution in [-0.2, 0) is 0 Å². The monoisotopic (exact) mass is 233 g/mol. The van der Waals surface area contributed by atoms with Gasteiger partial charge in [-0.05, 0) is 12.2 Å². The quantitative estimate of drug-likeness (QED) is 0.702. The second-order valence-corrected chi connectivity index (χ2v) is 3.85. The molecule has 6 heteroatoms. The maximum absolute atomic E-state index is 12.3. The molecule has 2 aliphatic heterocycles. The van der Waals surface area contributed by atoms with Gasteiger partial charge in [0.25, 0.3) is 0 Å². The summed E-state index contributed by atoms with van der Waals surface area (Å²) in [6.07, 6.45) is -0.629. The minimum Gasteiger partial charge on any atom is -0.372 e. The van der Waals surface area contributed by atoms with Gasteiger partial charge in [0.15, 0.2) is 0 Å². The SMILES string of the molecule is FC(F)(F)C1=CNC(N2CCNCC2)C=C1. The number of halogens is 3. The Kier molecular flexibility index (Phi) is 3.20. The number of rotatable bonds is 1. The van der Waals surface area contributed by atoms with Crippen molar-refractivity contribution in [3.05, 3.63) is 23.9 Å². The maximum atomic E-state index is 12.3. The fourth-order valence-electron chi connectivity index (χ4n) is 1.84. The molecule has 1 saturated heterocycles. The number of allylic oxidation sites excluding steroid dienone is 2. The molecule has 3 nitrogen and oxygen atoms in total. The summed E-state index contributed by atoms with van der Waals surface area (Å²) in [7, 11) is 0. The van der Waals surface area contributed by atoms with Crippen molar-refractivity contribution in [2.75, 3.05) is 26.2 Å². The molecule has 0 radical (unpaired) electrons. The van der Waals surface area contributed by atoms with Gasteiger partial charge >= 0.3 is 6.18 Å². The van der Waals surface area contributed by atoms with Gasteiger partial charge < -0.3 is 10.6 Å². The number of alkyl halides is 3. The third-order valence-corrected chi connectivity index (χ3v) is 2.74. The summed E-state index contributed by atoms with van der Waals surface area (Å²) < 4.78 is 37.0. The van der Waals surface area contributed by atoms with Crippen molar-refractivity contribution in [1.82, 2.24) is 15.5 Å². The minimum atomic E-state index is -4.27. The predicted molar refractivity (Wildman–Crippen MR) is 54.6 cm³/mol. The molecule has 0 amide bonds. The van der Waals surface area contributed by atoms with E-state index in [1.807, 2.05) is 0 Å². The van der Waals surface area contributed by atoms with Crippen molar-refractivity contribution < 1.29 is 13.2 Å². The van der Waals surface area contributed by atoms with Gasteiger partial charge in [-0.15, -0.1) is 0 Å². The summed E-state index contributed by atoms with van der Waals surface area (Å²) in [5, 5.41) is 5.97. The van der Waals surface area contributed by atoms with Crippen LogP contribution >= 0.6 is 0 Å². The van der Waals surface area contributed by atoms with Crippen LogP contribution in [0.2, 0.25) is 0 Å². The number of piperazine rings is 1. The van der Waals surface area contributed by atoms with Gasteiger partial charge in [0.2, 0.25) is 0 Å². The van der Waals surface area contributed by atoms with Crippen LogP contribution in [0.15, 0.2) is 23.9 Å². The fourth-order valence-corrected chi connectivity index (χ4v) is 1.84. The highest BCUT2D eigenvalue weighted by Crippen LogP contribution is 2.27. The first-order valence-corrected chi connectivity index (χ1v) is 5.24. The Bertz CT molecular complexity index is 303. The molecule has 0 aromatic carbocycles. The van der Waals surface area contributed by atoms with Gasteiger partial charge in [-0.2, -0.15) is 13.2 Å². The Labute approximate surface area is 92.0 Å². The minimum absolute atomic E-state index is 0.117. The summed E-state index contributed by atoms with van der Waals surface area (Å²) in [4.78, 5) is 2.11. The maximum Gasteiger partial charge on any atom is 0.417 e. The van der Waals surface area contributed by atoms with Crippen molar-refractivity contribution in [3.8, 4) is 0 Å². The van der Waals surface area contributed by atoms with E-state index < -0.39 is 11.7 Å². The number of hydrogen-bond donors (Lipinski definition) is 2. The standard InChI is InChI=1S/C10H14F3N3/c11-10(12,13)8-1-2-9(15-7-8)16-5-3-14-4-6-16/h1-2,7,9,14-15H,3-6H2. The number of nitrogens with zero attached hydrogens (tertiary/aromatic N) is 1. The molecule has 0 saturated carbocycles. The highest BCUT2D eigenvalue weighted by Gasteiger charge is 2.33. The van der Waals surface area contributed by atoms with Crippen molar-refractivity contribution in [2.45, 2.75) is 12.3 Å². The molecule has 0 aromatic rings. The lowest BCUT2D eigenvalue weighted by Crippen LogP contribution is -2.52. The summed E-state index contributed by atoms with van der Waals surface area (Å²) in [6, 6.07) is 0. The van der Waals surface area contributed by atoms with Crippen molar-refractivity contribution in [3.63, 3.8) is 0 Å². The molecular weight excluding hydrogens is 219 g/mol. The van der Waals surface area contributed by atoms with Crippen LogP contribution in [0.1, 0.15) is 0 Å². The Morgan fingerprint density at radius 1 is 1.25 bits per heavy atom. The van der Waals surface area contributed by atoms with E-state index in [1.165, 1.54) is 0 Å². The van der Waals surface area contributed by atoms with E-state index in [9.17, 15) is 13.2 Å². The van der Waals surface area contributed by atoms with E-state index in [4.69, 9.17) is 0 Å². The molecule has 2 heterocycles. The predicted octanol–water partition coefficient (Wildman–Crippen LogP) is 0.823. The Morgan fingerprint density at radius 2 is 1.94 bits per heavy atom. The highest BCUT2D eigenvalue weighted by molar-refractivity contribution is 5.28. The van der Waals surface area contributed by atoms with Gasteiger partial charge in [-0.25, -0.2) is 0 Å². The molecule has 2 N–H and O–H groups in total. The second-order valence-electron chi connectivity index (χ2n) is 3.85. The average Bonchev–Trinajstić information content (AvgIpc) is 2.29. The van der Waals surface area contributed by atoms with Gasteiger partial charge in [0.05, 0.1) is 11.7 Å². The van der Waals surface area contributed by atoms with E-state index in [0.717, 1.165) is 38.5 Å². The molecular formula is C10H14F3N3. The van der Waals surface area contributed by atoms with Crippen molar-refractivity contribution >= 4 is 0 Å². The van der Waals surface area contributed by atoms with Crippen molar-refractivity contribution in [1.29, 1.82) is 0 Å². The fraction of sp³-hybridized carbons (Fsp3) is 0.600. The van der Waals surface area contributed by atoms with Gasteiger partial charge in [-0.3, -0.25) is 4.90 Å². The average molecular weight is 233 g/mol. The lowest BCUT2D eigenvalue weighted by atomic mass is 10.1. The molecule has 16 heavy (non-hydrogen) atoms. The van der Waals surface area contributed by atoms with E-state index in [1.54, 1.807) is 6.08 Å². The lowest BCUT2D eigenvalue weighted by Gasteiger charge is -2.34. The first-order chi connectivity index (χ1) is 7.57. The third kappa shape index (κ3) is 2.56. The third-order valence-electron chi connectivity index (χ3n) is 2.74. The van der Waals surface area contributed by atoms with E-state index in [2.05, 4.69) is 15.5 Å². The summed E-state index contributed by atoms with van der Waals surface area (Å²) >= 11 is 0. The molecule has 0 aromatic heterocycles. The van der Waals surface area contributed by atoms with Gasteiger partial charge in [0.1, 0.15) is 0 Å². The summed E-state index contributed by atoms with van der Waals surface area (Å²) in [6.45, 7) is 3.44. The van der Waals surface area contributed by atoms with Crippen LogP contribution in [0.3, 0.4) is 0 Å². The normalized spacial score (nSPS) is 27.4. The smallest absolute Gasteiger partial charge is 0.372 e. The van der Waals surface area contributed by atoms with Gasteiger partial charge in [-0.1, -0.05) is 0 Å². The zero-order chi connectivity index (χ0) is 11.6.